The largest absolute Gasteiger partial charge is 0.495 e. The third-order valence-electron chi connectivity index (χ3n) is 2.48. The van der Waals surface area contributed by atoms with Crippen molar-refractivity contribution in [3.05, 3.63) is 24.0 Å². The zero-order chi connectivity index (χ0) is 8.55. The molecule has 1 heterocycles. The van der Waals surface area contributed by atoms with Gasteiger partial charge in [-0.3, -0.25) is 4.98 Å². The van der Waals surface area contributed by atoms with E-state index in [1.807, 2.05) is 6.07 Å². The van der Waals surface area contributed by atoms with Gasteiger partial charge in [0.2, 0.25) is 0 Å². The van der Waals surface area contributed by atoms with Gasteiger partial charge in [0.25, 0.3) is 0 Å². The molecule has 0 amide bonds. The summed E-state index contributed by atoms with van der Waals surface area (Å²) in [5.41, 5.74) is 1.21. The number of ether oxygens (including phenoxy) is 1. The summed E-state index contributed by atoms with van der Waals surface area (Å²) in [5.74, 6) is 2.37. The number of rotatable bonds is 2. The Hall–Kier alpha value is -1.05. The smallest absolute Gasteiger partial charge is 0.137 e. The first-order chi connectivity index (χ1) is 5.81. The molecule has 0 saturated heterocycles. The number of pyridine rings is 1. The van der Waals surface area contributed by atoms with Crippen molar-refractivity contribution in [2.24, 2.45) is 5.92 Å². The Morgan fingerprint density at radius 2 is 2.25 bits per heavy atom. The van der Waals surface area contributed by atoms with E-state index in [1.165, 1.54) is 12.1 Å². The highest BCUT2D eigenvalue weighted by Crippen LogP contribution is 2.46. The van der Waals surface area contributed by atoms with E-state index in [0.717, 1.165) is 11.7 Å². The van der Waals surface area contributed by atoms with Gasteiger partial charge >= 0.3 is 0 Å². The molecule has 0 aromatic carbocycles. The molecule has 1 aliphatic rings. The fourth-order valence-electron chi connectivity index (χ4n) is 1.47. The Morgan fingerprint density at radius 1 is 1.50 bits per heavy atom. The van der Waals surface area contributed by atoms with Crippen molar-refractivity contribution < 1.29 is 4.74 Å². The summed E-state index contributed by atoms with van der Waals surface area (Å²) in [6, 6.07) is 4.04. The molecule has 1 aromatic rings. The fraction of sp³-hybridized carbons (Fsp3) is 0.500. The van der Waals surface area contributed by atoms with E-state index >= 15 is 0 Å². The first kappa shape index (κ1) is 7.59. The standard InChI is InChI=1S/C10H13NO/c1-7-5-9(7)10-4-3-8(12-2)6-11-10/h3-4,6-7,9H,5H2,1-2H3/t7-,9-/m1/s1. The molecule has 2 rings (SSSR count). The minimum atomic E-state index is 0.705. The first-order valence-electron chi connectivity index (χ1n) is 4.31. The minimum Gasteiger partial charge on any atom is -0.495 e. The third-order valence-corrected chi connectivity index (χ3v) is 2.48. The Labute approximate surface area is 72.6 Å². The van der Waals surface area contributed by atoms with Crippen molar-refractivity contribution >= 4 is 0 Å². The second kappa shape index (κ2) is 2.77. The van der Waals surface area contributed by atoms with Gasteiger partial charge in [0.05, 0.1) is 13.3 Å². The zero-order valence-corrected chi connectivity index (χ0v) is 7.45. The highest BCUT2D eigenvalue weighted by Gasteiger charge is 2.34. The normalized spacial score (nSPS) is 26.8. The van der Waals surface area contributed by atoms with Gasteiger partial charge in [-0.25, -0.2) is 0 Å². The molecular weight excluding hydrogens is 150 g/mol. The lowest BCUT2D eigenvalue weighted by atomic mass is 10.2. The molecule has 2 heteroatoms. The molecule has 1 aromatic heterocycles. The van der Waals surface area contributed by atoms with Crippen molar-refractivity contribution in [1.82, 2.24) is 4.98 Å². The van der Waals surface area contributed by atoms with Gasteiger partial charge in [-0.15, -0.1) is 0 Å². The number of nitrogens with zero attached hydrogens (tertiary/aromatic N) is 1. The summed E-state index contributed by atoms with van der Waals surface area (Å²) in [6.45, 7) is 2.26. The number of aromatic nitrogens is 1. The molecule has 0 aliphatic heterocycles. The molecular formula is C10H13NO. The van der Waals surface area contributed by atoms with E-state index < -0.39 is 0 Å². The minimum absolute atomic E-state index is 0.705. The van der Waals surface area contributed by atoms with E-state index in [0.29, 0.717) is 5.92 Å². The summed E-state index contributed by atoms with van der Waals surface area (Å²) >= 11 is 0. The van der Waals surface area contributed by atoms with Crippen LogP contribution in [0.25, 0.3) is 0 Å². The predicted octanol–water partition coefficient (Wildman–Crippen LogP) is 2.21. The molecule has 2 atom stereocenters. The van der Waals surface area contributed by atoms with Crippen molar-refractivity contribution in [1.29, 1.82) is 0 Å². The SMILES string of the molecule is COc1ccc([C@@H]2C[C@H]2C)nc1. The molecule has 1 fully saturated rings. The fourth-order valence-corrected chi connectivity index (χ4v) is 1.47. The quantitative estimate of drug-likeness (QED) is 0.667. The Balaban J connectivity index is 2.14. The van der Waals surface area contributed by atoms with E-state index in [9.17, 15) is 0 Å². The molecule has 1 aliphatic carbocycles. The second-order valence-corrected chi connectivity index (χ2v) is 3.44. The maximum absolute atomic E-state index is 5.03. The first-order valence-corrected chi connectivity index (χ1v) is 4.31. The highest BCUT2D eigenvalue weighted by molar-refractivity contribution is 5.24. The average Bonchev–Trinajstić information content (AvgIpc) is 2.83. The predicted molar refractivity (Wildman–Crippen MR) is 47.3 cm³/mol. The van der Waals surface area contributed by atoms with Crippen molar-refractivity contribution in [3.63, 3.8) is 0 Å². The van der Waals surface area contributed by atoms with Gasteiger partial charge in [0.15, 0.2) is 0 Å². The molecule has 1 saturated carbocycles. The summed E-state index contributed by atoms with van der Waals surface area (Å²) < 4.78 is 5.03. The van der Waals surface area contributed by atoms with Crippen molar-refractivity contribution in [2.75, 3.05) is 7.11 Å². The van der Waals surface area contributed by atoms with E-state index in [4.69, 9.17) is 4.74 Å². The summed E-state index contributed by atoms with van der Waals surface area (Å²) in [4.78, 5) is 4.34. The van der Waals surface area contributed by atoms with E-state index in [-0.39, 0.29) is 0 Å². The van der Waals surface area contributed by atoms with Crippen LogP contribution in [0.1, 0.15) is 25.0 Å². The Morgan fingerprint density at radius 3 is 2.67 bits per heavy atom. The van der Waals surface area contributed by atoms with Crippen LogP contribution in [-0.2, 0) is 0 Å². The van der Waals surface area contributed by atoms with Gasteiger partial charge in [-0.05, 0) is 24.5 Å². The topological polar surface area (TPSA) is 22.1 Å². The molecule has 2 nitrogen and oxygen atoms in total. The van der Waals surface area contributed by atoms with Gasteiger partial charge in [-0.2, -0.15) is 0 Å². The van der Waals surface area contributed by atoms with Gasteiger partial charge in [0, 0.05) is 11.6 Å². The van der Waals surface area contributed by atoms with Gasteiger partial charge in [0.1, 0.15) is 5.75 Å². The monoisotopic (exact) mass is 163 g/mol. The molecule has 0 bridgehead atoms. The lowest BCUT2D eigenvalue weighted by Crippen LogP contribution is -1.89. The van der Waals surface area contributed by atoms with Crippen LogP contribution in [0.4, 0.5) is 0 Å². The van der Waals surface area contributed by atoms with Crippen LogP contribution in [0, 0.1) is 5.92 Å². The van der Waals surface area contributed by atoms with Gasteiger partial charge < -0.3 is 4.74 Å². The van der Waals surface area contributed by atoms with Crippen LogP contribution < -0.4 is 4.74 Å². The summed E-state index contributed by atoms with van der Waals surface area (Å²) in [6.07, 6.45) is 3.08. The van der Waals surface area contributed by atoms with Crippen LogP contribution in [0.5, 0.6) is 5.75 Å². The highest BCUT2D eigenvalue weighted by atomic mass is 16.5. The zero-order valence-electron chi connectivity index (χ0n) is 7.45. The van der Waals surface area contributed by atoms with Gasteiger partial charge in [-0.1, -0.05) is 6.92 Å². The Kier molecular flexibility index (Phi) is 1.75. The van der Waals surface area contributed by atoms with Crippen LogP contribution in [-0.4, -0.2) is 12.1 Å². The number of hydrogen-bond donors (Lipinski definition) is 0. The molecule has 12 heavy (non-hydrogen) atoms. The number of methoxy groups -OCH3 is 1. The molecule has 64 valence electrons. The lowest BCUT2D eigenvalue weighted by Gasteiger charge is -2.00. The third kappa shape index (κ3) is 1.29. The Bertz CT molecular complexity index is 268. The lowest BCUT2D eigenvalue weighted by molar-refractivity contribution is 0.412. The van der Waals surface area contributed by atoms with Crippen LogP contribution in [0.2, 0.25) is 0 Å². The van der Waals surface area contributed by atoms with Crippen molar-refractivity contribution in [2.45, 2.75) is 19.3 Å². The molecule has 0 N–H and O–H groups in total. The summed E-state index contributed by atoms with van der Waals surface area (Å²) in [5, 5.41) is 0. The van der Waals surface area contributed by atoms with Crippen LogP contribution in [0.15, 0.2) is 18.3 Å². The van der Waals surface area contributed by atoms with Crippen molar-refractivity contribution in [3.8, 4) is 5.75 Å². The average molecular weight is 163 g/mol. The number of hydrogen-bond acceptors (Lipinski definition) is 2. The second-order valence-electron chi connectivity index (χ2n) is 3.44. The molecule has 0 spiro atoms. The molecule has 0 radical (unpaired) electrons. The summed E-state index contributed by atoms with van der Waals surface area (Å²) in [7, 11) is 1.66. The maximum atomic E-state index is 5.03. The van der Waals surface area contributed by atoms with E-state index in [2.05, 4.69) is 18.0 Å². The maximum Gasteiger partial charge on any atom is 0.137 e. The van der Waals surface area contributed by atoms with E-state index in [1.54, 1.807) is 13.3 Å². The van der Waals surface area contributed by atoms with Crippen LogP contribution >= 0.6 is 0 Å². The van der Waals surface area contributed by atoms with Crippen LogP contribution in [0.3, 0.4) is 0 Å². The molecule has 0 unspecified atom stereocenters.